The van der Waals surface area contributed by atoms with Gasteiger partial charge in [-0.3, -0.25) is 0 Å². The normalized spacial score (nSPS) is 14.5. The second-order valence-electron chi connectivity index (χ2n) is 5.72. The zero-order valence-corrected chi connectivity index (χ0v) is 12.2. The molecule has 0 saturated heterocycles. The lowest BCUT2D eigenvalue weighted by Gasteiger charge is -2.15. The van der Waals surface area contributed by atoms with E-state index in [1.165, 1.54) is 51.4 Å². The van der Waals surface area contributed by atoms with Crippen molar-refractivity contribution in [2.24, 2.45) is 11.8 Å². The standard InChI is InChI=1S/C16H32O/c1-4-15(2)14-16(3)12-10-8-6-5-7-9-11-13-17/h13,15-16H,4-12,14H2,1-3H3/t15-,16?/m0/s1. The summed E-state index contributed by atoms with van der Waals surface area (Å²) in [5.74, 6) is 1.80. The van der Waals surface area contributed by atoms with E-state index in [0.717, 1.165) is 31.0 Å². The molecule has 0 aromatic carbocycles. The average molecular weight is 240 g/mol. The molecule has 0 radical (unpaired) electrons. The molecule has 0 amide bonds. The molecule has 0 rings (SSSR count). The van der Waals surface area contributed by atoms with Gasteiger partial charge in [0.25, 0.3) is 0 Å². The first-order valence-corrected chi connectivity index (χ1v) is 7.64. The van der Waals surface area contributed by atoms with Crippen LogP contribution in [0.5, 0.6) is 0 Å². The van der Waals surface area contributed by atoms with E-state index in [1.54, 1.807) is 0 Å². The predicted molar refractivity (Wildman–Crippen MR) is 76.2 cm³/mol. The summed E-state index contributed by atoms with van der Waals surface area (Å²) in [5.41, 5.74) is 0. The monoisotopic (exact) mass is 240 g/mol. The molecule has 17 heavy (non-hydrogen) atoms. The summed E-state index contributed by atoms with van der Waals surface area (Å²) in [6.07, 6.45) is 13.7. The molecule has 0 N–H and O–H groups in total. The lowest BCUT2D eigenvalue weighted by atomic mass is 9.91. The first kappa shape index (κ1) is 16.7. The van der Waals surface area contributed by atoms with E-state index in [4.69, 9.17) is 0 Å². The van der Waals surface area contributed by atoms with Gasteiger partial charge in [-0.15, -0.1) is 0 Å². The molecule has 0 aromatic heterocycles. The Balaban J connectivity index is 3.18. The van der Waals surface area contributed by atoms with Crippen molar-refractivity contribution < 1.29 is 4.79 Å². The molecule has 1 heteroatoms. The van der Waals surface area contributed by atoms with Crippen molar-refractivity contribution in [2.45, 2.75) is 85.0 Å². The van der Waals surface area contributed by atoms with E-state index in [2.05, 4.69) is 20.8 Å². The minimum atomic E-state index is 0.756. The summed E-state index contributed by atoms with van der Waals surface area (Å²) in [5, 5.41) is 0. The van der Waals surface area contributed by atoms with Crippen molar-refractivity contribution in [3.63, 3.8) is 0 Å². The molecule has 0 saturated carbocycles. The highest BCUT2D eigenvalue weighted by atomic mass is 16.1. The Bertz CT molecular complexity index is 165. The smallest absolute Gasteiger partial charge is 0.119 e. The number of hydrogen-bond donors (Lipinski definition) is 0. The van der Waals surface area contributed by atoms with Crippen LogP contribution in [0.2, 0.25) is 0 Å². The Labute approximate surface area is 108 Å². The summed E-state index contributed by atoms with van der Waals surface area (Å²) in [4.78, 5) is 10.1. The van der Waals surface area contributed by atoms with Crippen LogP contribution in [0, 0.1) is 11.8 Å². The average Bonchev–Trinajstić information content (AvgIpc) is 2.32. The van der Waals surface area contributed by atoms with Gasteiger partial charge in [0.15, 0.2) is 0 Å². The van der Waals surface area contributed by atoms with Crippen LogP contribution >= 0.6 is 0 Å². The van der Waals surface area contributed by atoms with E-state index in [0.29, 0.717) is 0 Å². The Hall–Kier alpha value is -0.330. The van der Waals surface area contributed by atoms with Crippen LogP contribution in [-0.2, 0) is 4.79 Å². The van der Waals surface area contributed by atoms with E-state index in [-0.39, 0.29) is 0 Å². The summed E-state index contributed by atoms with van der Waals surface area (Å²) in [6.45, 7) is 7.05. The van der Waals surface area contributed by atoms with Crippen LogP contribution in [0.3, 0.4) is 0 Å². The summed E-state index contributed by atoms with van der Waals surface area (Å²) in [6, 6.07) is 0. The maximum atomic E-state index is 10.1. The topological polar surface area (TPSA) is 17.1 Å². The minimum Gasteiger partial charge on any atom is -0.303 e. The molecule has 0 spiro atoms. The third-order valence-electron chi connectivity index (χ3n) is 3.77. The van der Waals surface area contributed by atoms with Crippen LogP contribution in [0.25, 0.3) is 0 Å². The quantitative estimate of drug-likeness (QED) is 0.331. The van der Waals surface area contributed by atoms with E-state index >= 15 is 0 Å². The molecule has 0 aliphatic rings. The van der Waals surface area contributed by atoms with Crippen LogP contribution in [-0.4, -0.2) is 6.29 Å². The van der Waals surface area contributed by atoms with Crippen LogP contribution in [0.15, 0.2) is 0 Å². The van der Waals surface area contributed by atoms with E-state index in [1.807, 2.05) is 0 Å². The van der Waals surface area contributed by atoms with Crippen molar-refractivity contribution in [3.05, 3.63) is 0 Å². The van der Waals surface area contributed by atoms with Crippen molar-refractivity contribution in [1.82, 2.24) is 0 Å². The van der Waals surface area contributed by atoms with Gasteiger partial charge in [0.1, 0.15) is 6.29 Å². The second kappa shape index (κ2) is 12.1. The zero-order valence-electron chi connectivity index (χ0n) is 12.2. The Morgan fingerprint density at radius 1 is 0.882 bits per heavy atom. The fraction of sp³-hybridized carbons (Fsp3) is 0.938. The third-order valence-corrected chi connectivity index (χ3v) is 3.77. The molecule has 0 heterocycles. The SMILES string of the molecule is CC[C@H](C)CC(C)CCCCCCCCC=O. The number of unbranched alkanes of at least 4 members (excludes halogenated alkanes) is 6. The third kappa shape index (κ3) is 11.9. The number of rotatable bonds is 12. The van der Waals surface area contributed by atoms with Gasteiger partial charge in [-0.25, -0.2) is 0 Å². The van der Waals surface area contributed by atoms with Crippen molar-refractivity contribution in [2.75, 3.05) is 0 Å². The van der Waals surface area contributed by atoms with E-state index in [9.17, 15) is 4.79 Å². The molecule has 0 aliphatic carbocycles. The molecular formula is C16H32O. The van der Waals surface area contributed by atoms with Gasteiger partial charge in [0.2, 0.25) is 0 Å². The number of carbonyl (C=O) groups excluding carboxylic acids is 1. The van der Waals surface area contributed by atoms with Crippen molar-refractivity contribution in [3.8, 4) is 0 Å². The van der Waals surface area contributed by atoms with Gasteiger partial charge >= 0.3 is 0 Å². The Morgan fingerprint density at radius 2 is 1.47 bits per heavy atom. The van der Waals surface area contributed by atoms with Gasteiger partial charge in [-0.2, -0.15) is 0 Å². The predicted octanol–water partition coefficient (Wildman–Crippen LogP) is 5.38. The van der Waals surface area contributed by atoms with Gasteiger partial charge in [-0.1, -0.05) is 65.7 Å². The minimum absolute atomic E-state index is 0.756. The Morgan fingerprint density at radius 3 is 2.06 bits per heavy atom. The first-order valence-electron chi connectivity index (χ1n) is 7.64. The van der Waals surface area contributed by atoms with Crippen LogP contribution < -0.4 is 0 Å². The summed E-state index contributed by atoms with van der Waals surface area (Å²) >= 11 is 0. The lowest BCUT2D eigenvalue weighted by molar-refractivity contribution is -0.107. The lowest BCUT2D eigenvalue weighted by Crippen LogP contribution is -2.02. The molecule has 2 atom stereocenters. The van der Waals surface area contributed by atoms with Gasteiger partial charge < -0.3 is 4.79 Å². The van der Waals surface area contributed by atoms with Gasteiger partial charge in [-0.05, 0) is 24.7 Å². The number of hydrogen-bond acceptors (Lipinski definition) is 1. The number of carbonyl (C=O) groups is 1. The zero-order chi connectivity index (χ0) is 12.9. The molecule has 0 aliphatic heterocycles. The Kier molecular flexibility index (Phi) is 11.9. The van der Waals surface area contributed by atoms with Gasteiger partial charge in [0.05, 0.1) is 0 Å². The van der Waals surface area contributed by atoms with Crippen molar-refractivity contribution in [1.29, 1.82) is 0 Å². The summed E-state index contributed by atoms with van der Waals surface area (Å²) in [7, 11) is 0. The molecule has 1 unspecified atom stereocenters. The van der Waals surface area contributed by atoms with Crippen LogP contribution in [0.1, 0.15) is 85.0 Å². The highest BCUT2D eigenvalue weighted by molar-refractivity contribution is 5.48. The highest BCUT2D eigenvalue weighted by Crippen LogP contribution is 2.20. The molecular weight excluding hydrogens is 208 g/mol. The van der Waals surface area contributed by atoms with Crippen molar-refractivity contribution >= 4 is 6.29 Å². The van der Waals surface area contributed by atoms with E-state index < -0.39 is 0 Å². The fourth-order valence-corrected chi connectivity index (χ4v) is 2.40. The molecule has 0 aromatic rings. The molecule has 0 fully saturated rings. The maximum absolute atomic E-state index is 10.1. The largest absolute Gasteiger partial charge is 0.303 e. The summed E-state index contributed by atoms with van der Waals surface area (Å²) < 4.78 is 0. The fourth-order valence-electron chi connectivity index (χ4n) is 2.40. The van der Waals surface area contributed by atoms with Crippen LogP contribution in [0.4, 0.5) is 0 Å². The maximum Gasteiger partial charge on any atom is 0.119 e. The first-order chi connectivity index (χ1) is 8.20. The highest BCUT2D eigenvalue weighted by Gasteiger charge is 2.06. The van der Waals surface area contributed by atoms with Gasteiger partial charge in [0, 0.05) is 6.42 Å². The molecule has 0 bridgehead atoms. The second-order valence-corrected chi connectivity index (χ2v) is 5.72. The molecule has 102 valence electrons. The number of aldehydes is 1. The molecule has 1 nitrogen and oxygen atoms in total.